The number of carbonyl (C=O) groups is 2. The number of carbonyl (C=O) groups excluding carboxylic acids is 2. The first-order valence-corrected chi connectivity index (χ1v) is 11.4. The number of hydrogen-bond donors (Lipinski definition) is 0. The van der Waals surface area contributed by atoms with Gasteiger partial charge >= 0.3 is 35.7 Å². The van der Waals surface area contributed by atoms with Crippen molar-refractivity contribution in [2.45, 2.75) is 12.8 Å². The van der Waals surface area contributed by atoms with E-state index in [2.05, 4.69) is 29.2 Å². The number of aryl methyl sites for hydroxylation is 1. The van der Waals surface area contributed by atoms with Crippen molar-refractivity contribution >= 4 is 28.5 Å². The van der Waals surface area contributed by atoms with Gasteiger partial charge in [0, 0.05) is 32.1 Å². The molecule has 1 amide bonds. The van der Waals surface area contributed by atoms with Crippen molar-refractivity contribution in [3.8, 4) is 11.1 Å². The maximum absolute atomic E-state index is 12.8. The van der Waals surface area contributed by atoms with E-state index in [9.17, 15) is 14.7 Å². The van der Waals surface area contributed by atoms with Crippen LogP contribution in [0.25, 0.3) is 11.1 Å². The number of anilines is 1. The normalized spacial score (nSPS) is 14.9. The Morgan fingerprint density at radius 3 is 2.15 bits per heavy atom. The molecule has 7 nitrogen and oxygen atoms in total. The standard InChI is InChI=1S/C24H23N3O4S.Na/c1-15-21(22(28)29)32-23(25-15)26-10-12-27(13-11-26)24(30)31-14-20-18-8-4-2-6-16(18)17-7-3-5-9-19(17)20;/h2-9,20H,10-14H2,1H3,(H,28,29);/q;+1/p-1. The summed E-state index contributed by atoms with van der Waals surface area (Å²) in [6.07, 6.45) is -0.322. The molecule has 2 aliphatic rings. The third-order valence-corrected chi connectivity index (χ3v) is 7.31. The average molecular weight is 472 g/mol. The van der Waals surface area contributed by atoms with Crippen LogP contribution in [0.3, 0.4) is 0 Å². The second-order valence-electron chi connectivity index (χ2n) is 7.98. The molecule has 1 saturated heterocycles. The Morgan fingerprint density at radius 1 is 1.03 bits per heavy atom. The smallest absolute Gasteiger partial charge is 0.544 e. The van der Waals surface area contributed by atoms with Gasteiger partial charge in [0.05, 0.1) is 16.5 Å². The van der Waals surface area contributed by atoms with E-state index in [0.29, 0.717) is 43.6 Å². The van der Waals surface area contributed by atoms with Gasteiger partial charge in [0.2, 0.25) is 0 Å². The third-order valence-electron chi connectivity index (χ3n) is 6.12. The summed E-state index contributed by atoms with van der Waals surface area (Å²) >= 11 is 1.12. The van der Waals surface area contributed by atoms with Crippen molar-refractivity contribution in [2.75, 3.05) is 37.7 Å². The summed E-state index contributed by atoms with van der Waals surface area (Å²) in [7, 11) is 0. The summed E-state index contributed by atoms with van der Waals surface area (Å²) in [4.78, 5) is 32.1. The SMILES string of the molecule is Cc1nc(N2CCN(C(=O)OCC3c4ccccc4-c4ccccc43)CC2)sc1C(=O)[O-].[Na+]. The van der Waals surface area contributed by atoms with E-state index in [1.165, 1.54) is 22.3 Å². The van der Waals surface area contributed by atoms with E-state index in [0.717, 1.165) is 11.3 Å². The molecule has 3 aromatic rings. The number of aromatic nitrogens is 1. The van der Waals surface area contributed by atoms with Gasteiger partial charge in [0.1, 0.15) is 6.61 Å². The zero-order valence-electron chi connectivity index (χ0n) is 18.6. The summed E-state index contributed by atoms with van der Waals surface area (Å²) < 4.78 is 5.74. The van der Waals surface area contributed by atoms with E-state index in [1.807, 2.05) is 29.2 Å². The van der Waals surface area contributed by atoms with Gasteiger partial charge in [-0.05, 0) is 29.2 Å². The first-order valence-electron chi connectivity index (χ1n) is 10.6. The number of hydrogen-bond acceptors (Lipinski definition) is 7. The van der Waals surface area contributed by atoms with Crippen molar-refractivity contribution in [2.24, 2.45) is 0 Å². The van der Waals surface area contributed by atoms with Crippen molar-refractivity contribution in [3.05, 3.63) is 70.2 Å². The molecule has 2 heterocycles. The van der Waals surface area contributed by atoms with E-state index < -0.39 is 5.97 Å². The molecule has 33 heavy (non-hydrogen) atoms. The van der Waals surface area contributed by atoms with Crippen LogP contribution in [-0.4, -0.2) is 54.7 Å². The predicted molar refractivity (Wildman–Crippen MR) is 120 cm³/mol. The molecule has 5 rings (SSSR count). The van der Waals surface area contributed by atoms with Gasteiger partial charge in [-0.2, -0.15) is 0 Å². The Kier molecular flexibility index (Phi) is 7.09. The number of rotatable bonds is 4. The van der Waals surface area contributed by atoms with Gasteiger partial charge in [-0.1, -0.05) is 59.9 Å². The quantitative estimate of drug-likeness (QED) is 0.494. The topological polar surface area (TPSA) is 85.8 Å². The minimum atomic E-state index is -1.21. The molecule has 1 fully saturated rings. The minimum Gasteiger partial charge on any atom is -0.544 e. The van der Waals surface area contributed by atoms with Crippen LogP contribution in [-0.2, 0) is 4.74 Å². The summed E-state index contributed by atoms with van der Waals surface area (Å²) in [5.41, 5.74) is 5.24. The van der Waals surface area contributed by atoms with Crippen LogP contribution in [0.1, 0.15) is 32.4 Å². The Balaban J connectivity index is 0.00000259. The second kappa shape index (κ2) is 9.85. The Labute approximate surface area is 218 Å². The molecule has 2 aromatic carbocycles. The fraction of sp³-hybridized carbons (Fsp3) is 0.292. The van der Waals surface area contributed by atoms with Crippen molar-refractivity contribution in [3.63, 3.8) is 0 Å². The van der Waals surface area contributed by atoms with Crippen LogP contribution in [0.2, 0.25) is 0 Å². The van der Waals surface area contributed by atoms with Crippen LogP contribution in [0.15, 0.2) is 48.5 Å². The Morgan fingerprint density at radius 2 is 1.61 bits per heavy atom. The van der Waals surface area contributed by atoms with Crippen LogP contribution in [0, 0.1) is 6.92 Å². The molecule has 0 bridgehead atoms. The van der Waals surface area contributed by atoms with Crippen LogP contribution < -0.4 is 39.6 Å². The fourth-order valence-electron chi connectivity index (χ4n) is 4.47. The Hall–Kier alpha value is -2.39. The maximum atomic E-state index is 12.8. The maximum Gasteiger partial charge on any atom is 1.00 e. The number of nitrogens with zero attached hydrogens (tertiary/aromatic N) is 3. The molecule has 0 saturated carbocycles. The van der Waals surface area contributed by atoms with E-state index in [1.54, 1.807) is 11.8 Å². The molecule has 0 spiro atoms. The van der Waals surface area contributed by atoms with Crippen LogP contribution >= 0.6 is 11.3 Å². The molecule has 1 aliphatic carbocycles. The molecule has 1 aromatic heterocycles. The van der Waals surface area contributed by atoms with Crippen molar-refractivity contribution < 1.29 is 49.0 Å². The monoisotopic (exact) mass is 471 g/mol. The number of benzene rings is 2. The molecule has 0 N–H and O–H groups in total. The van der Waals surface area contributed by atoms with Gasteiger partial charge in [-0.15, -0.1) is 0 Å². The summed E-state index contributed by atoms with van der Waals surface area (Å²) in [5, 5.41) is 11.8. The predicted octanol–water partition coefficient (Wildman–Crippen LogP) is -0.110. The van der Waals surface area contributed by atoms with Gasteiger partial charge in [-0.3, -0.25) is 0 Å². The summed E-state index contributed by atoms with van der Waals surface area (Å²) in [6.45, 7) is 4.10. The third kappa shape index (κ3) is 4.53. The first-order chi connectivity index (χ1) is 15.5. The Bertz CT molecular complexity index is 1140. The fourth-order valence-corrected chi connectivity index (χ4v) is 5.43. The van der Waals surface area contributed by atoms with E-state index >= 15 is 0 Å². The number of ether oxygens (including phenoxy) is 1. The van der Waals surface area contributed by atoms with E-state index in [-0.39, 0.29) is 46.4 Å². The number of thiazole rings is 1. The molecular formula is C24H22N3NaO4S. The molecule has 164 valence electrons. The largest absolute Gasteiger partial charge is 1.00 e. The minimum absolute atomic E-state index is 0. The zero-order chi connectivity index (χ0) is 22.2. The zero-order valence-corrected chi connectivity index (χ0v) is 21.4. The molecule has 0 atom stereocenters. The van der Waals surface area contributed by atoms with Crippen LogP contribution in [0.4, 0.5) is 9.93 Å². The van der Waals surface area contributed by atoms with Crippen LogP contribution in [0.5, 0.6) is 0 Å². The number of aromatic carboxylic acids is 1. The molecule has 0 radical (unpaired) electrons. The number of carboxylic acids is 1. The number of piperazine rings is 1. The van der Waals surface area contributed by atoms with Gasteiger partial charge in [0.15, 0.2) is 5.13 Å². The van der Waals surface area contributed by atoms with E-state index in [4.69, 9.17) is 4.74 Å². The number of carboxylic acid groups (broad SMARTS) is 1. The second-order valence-corrected chi connectivity index (χ2v) is 8.95. The molecular weight excluding hydrogens is 449 g/mol. The number of amides is 1. The molecule has 9 heteroatoms. The number of fused-ring (bicyclic) bond motifs is 3. The van der Waals surface area contributed by atoms with Crippen molar-refractivity contribution in [1.29, 1.82) is 0 Å². The summed E-state index contributed by atoms with van der Waals surface area (Å²) in [6, 6.07) is 16.5. The molecule has 1 aliphatic heterocycles. The van der Waals surface area contributed by atoms with Gasteiger partial charge in [0.25, 0.3) is 0 Å². The molecule has 0 unspecified atom stereocenters. The average Bonchev–Trinajstić information content (AvgIpc) is 3.36. The van der Waals surface area contributed by atoms with Gasteiger partial charge < -0.3 is 24.4 Å². The first kappa shape index (κ1) is 23.8. The van der Waals surface area contributed by atoms with Crippen molar-refractivity contribution in [1.82, 2.24) is 9.88 Å². The summed E-state index contributed by atoms with van der Waals surface area (Å²) in [5.74, 6) is -1.17. The van der Waals surface area contributed by atoms with Gasteiger partial charge in [-0.25, -0.2) is 9.78 Å².